The van der Waals surface area contributed by atoms with Gasteiger partial charge in [-0.15, -0.1) is 10.2 Å². The van der Waals surface area contributed by atoms with E-state index in [4.69, 9.17) is 4.42 Å². The lowest BCUT2D eigenvalue weighted by Crippen LogP contribution is -2.35. The molecule has 3 aromatic rings. The zero-order valence-corrected chi connectivity index (χ0v) is 19.9. The highest BCUT2D eigenvalue weighted by atomic mass is 32.2. The van der Waals surface area contributed by atoms with Gasteiger partial charge in [-0.25, -0.2) is 4.39 Å². The van der Waals surface area contributed by atoms with Gasteiger partial charge in [0, 0.05) is 26.2 Å². The number of benzene rings is 1. The third-order valence-electron chi connectivity index (χ3n) is 5.98. The monoisotopic (exact) mass is 471 g/mol. The van der Waals surface area contributed by atoms with Crippen LogP contribution in [0.4, 0.5) is 10.3 Å². The van der Waals surface area contributed by atoms with Crippen molar-refractivity contribution in [2.24, 2.45) is 5.92 Å². The van der Waals surface area contributed by atoms with E-state index in [1.807, 2.05) is 29.7 Å². The summed E-state index contributed by atoms with van der Waals surface area (Å²) >= 11 is 1.38. The third kappa shape index (κ3) is 5.96. The topological polar surface area (TPSA) is 67.4 Å². The lowest BCUT2D eigenvalue weighted by Gasteiger charge is -2.31. The molecular formula is C24H30FN5O2S. The molecule has 0 unspecified atom stereocenters. The van der Waals surface area contributed by atoms with Crippen LogP contribution in [0, 0.1) is 11.7 Å². The Bertz CT molecular complexity index is 1050. The van der Waals surface area contributed by atoms with Gasteiger partial charge in [-0.3, -0.25) is 9.36 Å². The highest BCUT2D eigenvalue weighted by Crippen LogP contribution is 2.27. The Labute approximate surface area is 198 Å². The Morgan fingerprint density at radius 2 is 2.06 bits per heavy atom. The molecule has 176 valence electrons. The van der Waals surface area contributed by atoms with E-state index >= 15 is 0 Å². The van der Waals surface area contributed by atoms with Gasteiger partial charge < -0.3 is 14.2 Å². The number of hydrogen-bond donors (Lipinski definition) is 0. The molecule has 1 saturated heterocycles. The summed E-state index contributed by atoms with van der Waals surface area (Å²) in [7, 11) is 0. The largest absolute Gasteiger partial charge is 0.467 e. The average molecular weight is 472 g/mol. The normalized spacial score (nSPS) is 14.6. The number of aromatic nitrogens is 3. The first-order chi connectivity index (χ1) is 16.0. The molecule has 1 fully saturated rings. The first-order valence-electron chi connectivity index (χ1n) is 11.4. The van der Waals surface area contributed by atoms with Crippen LogP contribution >= 0.6 is 11.8 Å². The van der Waals surface area contributed by atoms with Crippen LogP contribution < -0.4 is 4.90 Å². The smallest absolute Gasteiger partial charge is 0.233 e. The highest BCUT2D eigenvalue weighted by molar-refractivity contribution is 7.99. The number of rotatable bonds is 9. The lowest BCUT2D eigenvalue weighted by atomic mass is 10.00. The number of amides is 1. The van der Waals surface area contributed by atoms with Gasteiger partial charge in [0.1, 0.15) is 11.6 Å². The number of hydrogen-bond acceptors (Lipinski definition) is 6. The second-order valence-corrected chi connectivity index (χ2v) is 9.39. The van der Waals surface area contributed by atoms with E-state index in [1.54, 1.807) is 17.2 Å². The van der Waals surface area contributed by atoms with Crippen molar-refractivity contribution < 1.29 is 13.6 Å². The number of carbonyl (C=O) groups excluding carboxylic acids is 1. The van der Waals surface area contributed by atoms with Gasteiger partial charge in [-0.2, -0.15) is 0 Å². The Balaban J connectivity index is 1.46. The van der Waals surface area contributed by atoms with E-state index in [-0.39, 0.29) is 17.5 Å². The number of thioether (sulfide) groups is 1. The predicted octanol–water partition coefficient (Wildman–Crippen LogP) is 4.44. The van der Waals surface area contributed by atoms with Crippen molar-refractivity contribution in [1.82, 2.24) is 19.7 Å². The van der Waals surface area contributed by atoms with Crippen molar-refractivity contribution in [3.05, 3.63) is 59.8 Å². The molecule has 2 aromatic heterocycles. The van der Waals surface area contributed by atoms with E-state index in [0.717, 1.165) is 43.2 Å². The van der Waals surface area contributed by atoms with Crippen molar-refractivity contribution in [2.45, 2.75) is 44.9 Å². The fourth-order valence-corrected chi connectivity index (χ4v) is 4.81. The third-order valence-corrected chi connectivity index (χ3v) is 6.93. The Morgan fingerprint density at radius 1 is 1.24 bits per heavy atom. The zero-order chi connectivity index (χ0) is 23.2. The summed E-state index contributed by atoms with van der Waals surface area (Å²) in [5, 5.41) is 9.58. The summed E-state index contributed by atoms with van der Waals surface area (Å²) in [6.45, 7) is 7.53. The molecule has 3 heterocycles. The highest BCUT2D eigenvalue weighted by Gasteiger charge is 2.24. The van der Waals surface area contributed by atoms with Crippen LogP contribution in [0.15, 0.2) is 52.2 Å². The second-order valence-electron chi connectivity index (χ2n) is 8.44. The number of piperidine rings is 1. The first-order valence-corrected chi connectivity index (χ1v) is 12.4. The number of halogens is 1. The molecule has 1 aliphatic heterocycles. The maximum atomic E-state index is 13.5. The summed E-state index contributed by atoms with van der Waals surface area (Å²) < 4.78 is 21.1. The molecule has 1 amide bonds. The van der Waals surface area contributed by atoms with Gasteiger partial charge in [-0.1, -0.05) is 30.8 Å². The lowest BCUT2D eigenvalue weighted by molar-refractivity contribution is -0.128. The van der Waals surface area contributed by atoms with Crippen LogP contribution in [0.5, 0.6) is 0 Å². The van der Waals surface area contributed by atoms with E-state index in [2.05, 4.69) is 22.0 Å². The molecule has 0 bridgehead atoms. The van der Waals surface area contributed by atoms with Crippen LogP contribution in [0.2, 0.25) is 0 Å². The Morgan fingerprint density at radius 3 is 2.76 bits per heavy atom. The van der Waals surface area contributed by atoms with E-state index in [9.17, 15) is 9.18 Å². The SMILES string of the molecule is CCN(Cc1cccc(F)c1)C(=O)CSc1nnc(N2CCC(C)CC2)n1Cc1ccco1. The molecule has 4 rings (SSSR count). The summed E-state index contributed by atoms with van der Waals surface area (Å²) in [5.74, 6) is 2.27. The Hall–Kier alpha value is -2.81. The number of carbonyl (C=O) groups is 1. The van der Waals surface area contributed by atoms with Gasteiger partial charge in [0.15, 0.2) is 5.16 Å². The minimum absolute atomic E-state index is 0.0207. The molecule has 33 heavy (non-hydrogen) atoms. The van der Waals surface area contributed by atoms with Gasteiger partial charge >= 0.3 is 0 Å². The maximum absolute atomic E-state index is 13.5. The van der Waals surface area contributed by atoms with Crippen LogP contribution in [0.3, 0.4) is 0 Å². The molecule has 0 atom stereocenters. The van der Waals surface area contributed by atoms with E-state index < -0.39 is 0 Å². The minimum Gasteiger partial charge on any atom is -0.467 e. The molecule has 0 N–H and O–H groups in total. The number of anilines is 1. The molecule has 0 radical (unpaired) electrons. The molecule has 9 heteroatoms. The van der Waals surface area contributed by atoms with Crippen LogP contribution in [0.25, 0.3) is 0 Å². The molecular weight excluding hydrogens is 441 g/mol. The van der Waals surface area contributed by atoms with Crippen LogP contribution in [-0.2, 0) is 17.9 Å². The predicted molar refractivity (Wildman–Crippen MR) is 127 cm³/mol. The van der Waals surface area contributed by atoms with Crippen molar-refractivity contribution in [3.63, 3.8) is 0 Å². The molecule has 7 nitrogen and oxygen atoms in total. The van der Waals surface area contributed by atoms with Crippen molar-refractivity contribution in [3.8, 4) is 0 Å². The van der Waals surface area contributed by atoms with E-state index in [0.29, 0.717) is 30.7 Å². The van der Waals surface area contributed by atoms with Gasteiger partial charge in [0.05, 0.1) is 18.6 Å². The zero-order valence-electron chi connectivity index (χ0n) is 19.1. The molecule has 0 spiro atoms. The van der Waals surface area contributed by atoms with Crippen LogP contribution in [0.1, 0.15) is 38.0 Å². The fourth-order valence-electron chi connectivity index (χ4n) is 3.98. The fraction of sp³-hybridized carbons (Fsp3) is 0.458. The molecule has 1 aliphatic rings. The second kappa shape index (κ2) is 10.9. The maximum Gasteiger partial charge on any atom is 0.233 e. The Kier molecular flexibility index (Phi) is 7.69. The van der Waals surface area contributed by atoms with Crippen molar-refractivity contribution >= 4 is 23.6 Å². The van der Waals surface area contributed by atoms with Crippen LogP contribution in [-0.4, -0.2) is 51.0 Å². The molecule has 0 saturated carbocycles. The first kappa shape index (κ1) is 23.4. The number of nitrogens with zero attached hydrogens (tertiary/aromatic N) is 5. The average Bonchev–Trinajstić information content (AvgIpc) is 3.47. The standard InChI is InChI=1S/C24H30FN5O2S/c1-3-28(15-19-6-4-7-20(25)14-19)22(31)17-33-24-27-26-23(29-11-9-18(2)10-12-29)30(24)16-21-8-5-13-32-21/h4-8,13-14,18H,3,9-12,15-17H2,1-2H3. The molecule has 0 aliphatic carbocycles. The van der Waals surface area contributed by atoms with Gasteiger partial charge in [-0.05, 0) is 55.5 Å². The van der Waals surface area contributed by atoms with Crippen molar-refractivity contribution in [2.75, 3.05) is 30.3 Å². The van der Waals surface area contributed by atoms with E-state index in [1.165, 1.54) is 23.9 Å². The summed E-state index contributed by atoms with van der Waals surface area (Å²) in [6.07, 6.45) is 3.91. The summed E-state index contributed by atoms with van der Waals surface area (Å²) in [5.41, 5.74) is 0.776. The van der Waals surface area contributed by atoms with Gasteiger partial charge in [0.2, 0.25) is 11.9 Å². The number of furan rings is 1. The minimum atomic E-state index is -0.295. The quantitative estimate of drug-likeness (QED) is 0.430. The van der Waals surface area contributed by atoms with Gasteiger partial charge in [0.25, 0.3) is 0 Å². The summed E-state index contributed by atoms with van der Waals surface area (Å²) in [4.78, 5) is 16.9. The van der Waals surface area contributed by atoms with Crippen molar-refractivity contribution in [1.29, 1.82) is 0 Å². The summed E-state index contributed by atoms with van der Waals surface area (Å²) in [6, 6.07) is 10.2. The molecule has 1 aromatic carbocycles.